The molecule has 22 rings (SSSR count). The standard InChI is InChI=1S/C21H16O.C16H10.C14H10ClNO.C14H12N.C14H12O3.C13H9N.C6H4S4/c1-14-6-2-4-8-18(14)21-19-9-5-3-7-15(19)12-16-13-17(22)10-11-20(16)21;1-3-11-7-9-13-5-2-6-14-10-8-12(4-1)15(11)16(13)14;1-17-12-4-5-13-10(7-12)6-9-2-3-11(15)8-14(9)16-13;1-15-13-8-4-2-6-11(13)10-12-7-3-5-9-14(12)15;1-7-4-12(15)17-14-9(3)13-10(6-11(7)14)5-8(2)16-13;1-3-7-12-10(5-1)9-11-6-2-4-8-13(11)14-12;1-2-8-5(7-1)6-9-3-4-10-6/h2-11,13H,12H2,1H3;1-10H;2-8H,1H3;2-10H,1H3;4-6H,1-3H3;1-9H;1-4H/q;;;+1;;;. The number of aryl methyl sites for hydroxylation is 5. The topological polar surface area (TPSA) is 99.3 Å². The summed E-state index contributed by atoms with van der Waals surface area (Å²) in [6.45, 7) is 7.88. The lowest BCUT2D eigenvalue weighted by Crippen LogP contribution is -2.29. The Morgan fingerprint density at radius 2 is 0.928 bits per heavy atom. The van der Waals surface area contributed by atoms with Gasteiger partial charge in [0.15, 0.2) is 5.78 Å². The number of pyridine rings is 3. The second kappa shape index (κ2) is 32.8. The third-order valence-corrected chi connectivity index (χ3v) is 25.0. The number of carbonyl (C=O) groups excluding carboxylic acids is 1. The van der Waals surface area contributed by atoms with Crippen molar-refractivity contribution in [2.24, 2.45) is 7.05 Å². The molecule has 8 nitrogen and oxygen atoms in total. The van der Waals surface area contributed by atoms with Gasteiger partial charge in [0, 0.05) is 71.9 Å². The van der Waals surface area contributed by atoms with Gasteiger partial charge in [0.2, 0.25) is 11.0 Å². The van der Waals surface area contributed by atoms with Crippen LogP contribution in [0.3, 0.4) is 0 Å². The minimum atomic E-state index is -0.319. The maximum Gasteiger partial charge on any atom is 0.336 e. The number of rotatable bonds is 2. The molecule has 0 amide bonds. The molecule has 0 N–H and O–H groups in total. The van der Waals surface area contributed by atoms with Crippen LogP contribution in [0.15, 0.2) is 352 Å². The van der Waals surface area contributed by atoms with E-state index < -0.39 is 0 Å². The zero-order chi connectivity index (χ0) is 76.1. The molecule has 0 saturated heterocycles. The molecule has 0 saturated carbocycles. The maximum absolute atomic E-state index is 11.8. The van der Waals surface area contributed by atoms with Gasteiger partial charge in [-0.1, -0.05) is 241 Å². The summed E-state index contributed by atoms with van der Waals surface area (Å²) in [6, 6.07) is 95.7. The van der Waals surface area contributed by atoms with Gasteiger partial charge in [-0.05, 0) is 230 Å². The van der Waals surface area contributed by atoms with Crippen molar-refractivity contribution in [3.63, 3.8) is 0 Å². The van der Waals surface area contributed by atoms with Crippen molar-refractivity contribution in [3.05, 3.63) is 393 Å². The lowest BCUT2D eigenvalue weighted by molar-refractivity contribution is -0.617. The molecular formula is C98H73ClN3O5S4+. The van der Waals surface area contributed by atoms with E-state index in [2.05, 4.69) is 238 Å². The number of hydrogen-bond donors (Lipinski definition) is 0. The van der Waals surface area contributed by atoms with Crippen LogP contribution >= 0.6 is 58.6 Å². The van der Waals surface area contributed by atoms with E-state index in [1.807, 2.05) is 159 Å². The third kappa shape index (κ3) is 15.9. The van der Waals surface area contributed by atoms with Gasteiger partial charge in [-0.2, -0.15) is 4.57 Å². The van der Waals surface area contributed by atoms with Crippen molar-refractivity contribution in [3.8, 4) is 5.75 Å². The van der Waals surface area contributed by atoms with Crippen LogP contribution in [0.1, 0.15) is 39.1 Å². The van der Waals surface area contributed by atoms with Crippen molar-refractivity contribution in [1.82, 2.24) is 9.97 Å². The summed E-state index contributed by atoms with van der Waals surface area (Å²) in [7, 11) is 3.78. The summed E-state index contributed by atoms with van der Waals surface area (Å²) in [4.78, 5) is 32.3. The third-order valence-electron chi connectivity index (χ3n) is 20.0. The lowest BCUT2D eigenvalue weighted by atomic mass is 9.77. The van der Waals surface area contributed by atoms with Crippen LogP contribution in [0.25, 0.3) is 125 Å². The number of halogens is 1. The predicted molar refractivity (Wildman–Crippen MR) is 475 cm³/mol. The highest BCUT2D eigenvalue weighted by molar-refractivity contribution is 8.33. The number of carbonyl (C=O) groups is 1. The number of furan rings is 1. The average Bonchev–Trinajstić information content (AvgIpc) is 1.10. The molecule has 7 heterocycles. The maximum atomic E-state index is 11.8. The minimum Gasteiger partial charge on any atom is -0.497 e. The minimum absolute atomic E-state index is 0.0854. The number of fused-ring (bicyclic) bond motifs is 10. The first-order valence-electron chi connectivity index (χ1n) is 36.4. The SMILES string of the molecule is C1=CSC(=C2SC=CS2)S1.COc1ccc2nc3cc(Cl)ccc3cc2c1.C[n+]1c2ccccc2cc2ccccc21.Cc1cc2cc3c(C)cc(=O)oc3c(C)c2o1.Cc1ccccc1C1=C2C=CC(=O)C=C2Cc2ccccc21.c1cc2ccc3cccc4ccc(c1)c2c34.c1ccc2nc3ccccc3cc2c1. The Bertz CT molecular complexity index is 6620. The highest BCUT2D eigenvalue weighted by Gasteiger charge is 2.26. The molecule has 0 unspecified atom stereocenters. The van der Waals surface area contributed by atoms with Gasteiger partial charge >= 0.3 is 5.63 Å². The molecule has 0 atom stereocenters. The molecule has 13 heteroatoms. The lowest BCUT2D eigenvalue weighted by Gasteiger charge is -2.27. The Kier molecular flexibility index (Phi) is 21.7. The second-order valence-corrected chi connectivity index (χ2v) is 31.8. The van der Waals surface area contributed by atoms with E-state index in [9.17, 15) is 9.59 Å². The number of aromatic nitrogens is 3. The fraction of sp³-hybridized carbons (Fsp3) is 0.0714. The zero-order valence-electron chi connectivity index (χ0n) is 61.7. The quantitative estimate of drug-likeness (QED) is 0.0716. The molecular weight excluding hydrogens is 1460 g/mol. The normalized spacial score (nSPS) is 13.3. The van der Waals surface area contributed by atoms with Gasteiger partial charge in [0.1, 0.15) is 29.7 Å². The average molecular weight is 1540 g/mol. The first-order valence-corrected chi connectivity index (χ1v) is 40.3. The van der Waals surface area contributed by atoms with Gasteiger partial charge < -0.3 is 13.6 Å². The largest absolute Gasteiger partial charge is 0.497 e. The van der Waals surface area contributed by atoms with E-state index in [4.69, 9.17) is 25.2 Å². The van der Waals surface area contributed by atoms with Gasteiger partial charge in [0.05, 0.1) is 37.7 Å². The van der Waals surface area contributed by atoms with Crippen LogP contribution in [0.4, 0.5) is 0 Å². The fourth-order valence-electron chi connectivity index (χ4n) is 14.7. The van der Waals surface area contributed by atoms with E-state index in [-0.39, 0.29) is 11.4 Å². The summed E-state index contributed by atoms with van der Waals surface area (Å²) < 4.78 is 21.2. The molecule has 4 aliphatic rings. The highest BCUT2D eigenvalue weighted by atomic mass is 35.5. The van der Waals surface area contributed by atoms with Gasteiger partial charge in [-0.3, -0.25) is 4.79 Å². The molecule has 2 aliphatic carbocycles. The van der Waals surface area contributed by atoms with Crippen molar-refractivity contribution in [2.75, 3.05) is 7.11 Å². The summed E-state index contributed by atoms with van der Waals surface area (Å²) in [5, 5.41) is 26.5. The molecule has 0 radical (unpaired) electrons. The number of para-hydroxylation sites is 4. The summed E-state index contributed by atoms with van der Waals surface area (Å²) in [5.74, 6) is 1.79. The molecule has 0 spiro atoms. The molecule has 111 heavy (non-hydrogen) atoms. The number of methoxy groups -OCH3 is 1. The van der Waals surface area contributed by atoms with Crippen LogP contribution in [0.2, 0.25) is 5.02 Å². The van der Waals surface area contributed by atoms with Crippen molar-refractivity contribution in [1.29, 1.82) is 0 Å². The Labute approximate surface area is 664 Å². The first kappa shape index (κ1) is 73.4. The summed E-state index contributed by atoms with van der Waals surface area (Å²) >= 11 is 13.2. The fourth-order valence-corrected chi connectivity index (χ4v) is 18.9. The smallest absolute Gasteiger partial charge is 0.336 e. The molecule has 18 aromatic rings. The van der Waals surface area contributed by atoms with E-state index in [1.165, 1.54) is 113 Å². The zero-order valence-corrected chi connectivity index (χ0v) is 65.7. The summed E-state index contributed by atoms with van der Waals surface area (Å²) in [6.07, 6.45) is 6.26. The molecule has 13 aromatic carbocycles. The Morgan fingerprint density at radius 3 is 1.54 bits per heavy atom. The van der Waals surface area contributed by atoms with Crippen LogP contribution in [-0.4, -0.2) is 22.9 Å². The molecule has 0 fully saturated rings. The second-order valence-electron chi connectivity index (χ2n) is 27.2. The van der Waals surface area contributed by atoms with Gasteiger partial charge in [0.25, 0.3) is 0 Å². The van der Waals surface area contributed by atoms with E-state index >= 15 is 0 Å². The Balaban J connectivity index is 0.0000000990. The van der Waals surface area contributed by atoms with Crippen molar-refractivity contribution in [2.45, 2.75) is 34.1 Å². The van der Waals surface area contributed by atoms with E-state index in [0.717, 1.165) is 83.8 Å². The summed E-state index contributed by atoms with van der Waals surface area (Å²) in [5.41, 5.74) is 18.1. The van der Waals surface area contributed by atoms with E-state index in [0.29, 0.717) is 10.6 Å². The van der Waals surface area contributed by atoms with E-state index in [1.54, 1.807) is 19.3 Å². The first-order chi connectivity index (χ1) is 54.2. The molecule has 2 aliphatic heterocycles. The predicted octanol–water partition coefficient (Wildman–Crippen LogP) is 26.7. The highest BCUT2D eigenvalue weighted by Crippen LogP contribution is 2.50. The number of hydrogen-bond acceptors (Lipinski definition) is 11. The van der Waals surface area contributed by atoms with Gasteiger partial charge in [-0.25, -0.2) is 14.8 Å². The number of nitrogens with zero attached hydrogens (tertiary/aromatic N) is 3. The Morgan fingerprint density at radius 1 is 0.423 bits per heavy atom. The number of ether oxygens (including phenoxy) is 1. The van der Waals surface area contributed by atoms with Crippen molar-refractivity contribution < 1.29 is 22.9 Å². The van der Waals surface area contributed by atoms with Crippen LogP contribution in [0, 0.1) is 27.7 Å². The van der Waals surface area contributed by atoms with Gasteiger partial charge in [-0.15, -0.1) is 0 Å². The monoisotopic (exact) mass is 1530 g/mol. The van der Waals surface area contributed by atoms with Crippen LogP contribution < -0.4 is 14.9 Å². The molecule has 0 bridgehead atoms. The van der Waals surface area contributed by atoms with Crippen molar-refractivity contribution >= 4 is 190 Å². The molecule has 5 aromatic heterocycles. The van der Waals surface area contributed by atoms with Crippen LogP contribution in [-0.2, 0) is 18.3 Å². The number of benzene rings is 13. The molecule has 540 valence electrons. The Hall–Kier alpha value is -11.7. The number of ketones is 1. The van der Waals surface area contributed by atoms with Crippen LogP contribution in [0.5, 0.6) is 5.75 Å². The number of thioether (sulfide) groups is 4. The number of allylic oxidation sites excluding steroid dienone is 5.